The molecule has 1 aliphatic heterocycles. The number of non-ortho nitro benzene ring substituents is 1. The summed E-state index contributed by atoms with van der Waals surface area (Å²) in [4.78, 5) is 34.8. The lowest BCUT2D eigenvalue weighted by Crippen LogP contribution is -2.42. The van der Waals surface area contributed by atoms with Crippen LogP contribution in [0.5, 0.6) is 0 Å². The summed E-state index contributed by atoms with van der Waals surface area (Å²) in [6, 6.07) is 4.80. The number of amides is 2. The Hall–Kier alpha value is -2.44. The number of nitrogens with zero attached hydrogens (tertiary/aromatic N) is 2. The van der Waals surface area contributed by atoms with E-state index in [1.54, 1.807) is 6.92 Å². The monoisotopic (exact) mass is 263 g/mol. The van der Waals surface area contributed by atoms with Crippen LogP contribution in [0.4, 0.5) is 11.4 Å². The van der Waals surface area contributed by atoms with Gasteiger partial charge in [0, 0.05) is 23.7 Å². The number of anilines is 1. The van der Waals surface area contributed by atoms with Crippen LogP contribution in [0.15, 0.2) is 24.3 Å². The third kappa shape index (κ3) is 2.26. The summed E-state index contributed by atoms with van der Waals surface area (Å²) in [5.41, 5.74) is 5.66. The number of nitro groups is 1. The second-order valence-corrected chi connectivity index (χ2v) is 4.54. The maximum Gasteiger partial charge on any atom is 0.269 e. The Morgan fingerprint density at radius 3 is 2.47 bits per heavy atom. The summed E-state index contributed by atoms with van der Waals surface area (Å²) in [7, 11) is 0. The molecule has 1 aliphatic rings. The SMILES string of the molecule is C[C@H]1C[C@H](C(N)=O)N(c2ccc([N+](=O)[O-])cc2)C1=O. The van der Waals surface area contributed by atoms with Crippen molar-refractivity contribution in [3.63, 3.8) is 0 Å². The molecule has 0 aromatic heterocycles. The average Bonchev–Trinajstić information content (AvgIpc) is 2.66. The average molecular weight is 263 g/mol. The first-order valence-electron chi connectivity index (χ1n) is 5.78. The Morgan fingerprint density at radius 1 is 1.42 bits per heavy atom. The number of hydrogen-bond acceptors (Lipinski definition) is 4. The summed E-state index contributed by atoms with van der Waals surface area (Å²) >= 11 is 0. The fourth-order valence-electron chi connectivity index (χ4n) is 2.22. The number of carbonyl (C=O) groups is 2. The zero-order valence-corrected chi connectivity index (χ0v) is 10.3. The van der Waals surface area contributed by atoms with Crippen molar-refractivity contribution in [1.82, 2.24) is 0 Å². The van der Waals surface area contributed by atoms with Crippen molar-refractivity contribution in [2.45, 2.75) is 19.4 Å². The Kier molecular flexibility index (Phi) is 3.20. The zero-order valence-electron chi connectivity index (χ0n) is 10.3. The molecular weight excluding hydrogens is 250 g/mol. The molecule has 2 amide bonds. The Morgan fingerprint density at radius 2 is 2.00 bits per heavy atom. The van der Waals surface area contributed by atoms with Gasteiger partial charge in [-0.2, -0.15) is 0 Å². The van der Waals surface area contributed by atoms with Crippen molar-refractivity contribution in [3.05, 3.63) is 34.4 Å². The first-order valence-corrected chi connectivity index (χ1v) is 5.78. The number of primary amides is 1. The second-order valence-electron chi connectivity index (χ2n) is 4.54. The first kappa shape index (κ1) is 13.0. The normalized spacial score (nSPS) is 22.6. The quantitative estimate of drug-likeness (QED) is 0.643. The van der Waals surface area contributed by atoms with Crippen molar-refractivity contribution in [2.24, 2.45) is 11.7 Å². The van der Waals surface area contributed by atoms with Crippen molar-refractivity contribution >= 4 is 23.2 Å². The molecule has 1 aromatic rings. The summed E-state index contributed by atoms with van der Waals surface area (Å²) in [6.07, 6.45) is 0.366. The third-order valence-corrected chi connectivity index (χ3v) is 3.21. The Labute approximate surface area is 109 Å². The molecule has 1 heterocycles. The molecule has 2 rings (SSSR count). The molecule has 2 atom stereocenters. The minimum atomic E-state index is -0.691. The largest absolute Gasteiger partial charge is 0.368 e. The summed E-state index contributed by atoms with van der Waals surface area (Å²) in [5, 5.41) is 10.6. The van der Waals surface area contributed by atoms with Gasteiger partial charge in [0.25, 0.3) is 5.69 Å². The van der Waals surface area contributed by atoms with Crippen molar-refractivity contribution in [1.29, 1.82) is 0 Å². The van der Waals surface area contributed by atoms with E-state index >= 15 is 0 Å². The van der Waals surface area contributed by atoms with Gasteiger partial charge in [0.15, 0.2) is 0 Å². The molecule has 1 saturated heterocycles. The van der Waals surface area contributed by atoms with Crippen LogP contribution in [0.3, 0.4) is 0 Å². The number of benzene rings is 1. The van der Waals surface area contributed by atoms with Crippen LogP contribution >= 0.6 is 0 Å². The smallest absolute Gasteiger partial charge is 0.269 e. The van der Waals surface area contributed by atoms with Crippen LogP contribution < -0.4 is 10.6 Å². The van der Waals surface area contributed by atoms with Gasteiger partial charge in [-0.15, -0.1) is 0 Å². The van der Waals surface area contributed by atoms with Crippen molar-refractivity contribution in [2.75, 3.05) is 4.90 Å². The van der Waals surface area contributed by atoms with Gasteiger partial charge >= 0.3 is 0 Å². The van der Waals surface area contributed by atoms with Gasteiger partial charge in [-0.1, -0.05) is 6.92 Å². The van der Waals surface area contributed by atoms with E-state index in [4.69, 9.17) is 5.73 Å². The van der Waals surface area contributed by atoms with Crippen LogP contribution in [0.25, 0.3) is 0 Å². The Balaban J connectivity index is 2.35. The highest BCUT2D eigenvalue weighted by atomic mass is 16.6. The number of rotatable bonds is 3. The van der Waals surface area contributed by atoms with Crippen molar-refractivity contribution in [3.8, 4) is 0 Å². The van der Waals surface area contributed by atoms with Crippen LogP contribution in [0.2, 0.25) is 0 Å². The van der Waals surface area contributed by atoms with Gasteiger partial charge in [0.1, 0.15) is 6.04 Å². The molecule has 19 heavy (non-hydrogen) atoms. The minimum Gasteiger partial charge on any atom is -0.368 e. The second kappa shape index (κ2) is 4.68. The van der Waals surface area contributed by atoms with Crippen LogP contribution in [-0.2, 0) is 9.59 Å². The number of hydrogen-bond donors (Lipinski definition) is 1. The lowest BCUT2D eigenvalue weighted by molar-refractivity contribution is -0.384. The lowest BCUT2D eigenvalue weighted by atomic mass is 10.1. The van der Waals surface area contributed by atoms with E-state index in [0.717, 1.165) is 0 Å². The first-order chi connectivity index (χ1) is 8.91. The van der Waals surface area contributed by atoms with E-state index in [9.17, 15) is 19.7 Å². The molecule has 1 fully saturated rings. The molecule has 7 nitrogen and oxygen atoms in total. The van der Waals surface area contributed by atoms with Crippen LogP contribution in [0.1, 0.15) is 13.3 Å². The minimum absolute atomic E-state index is 0.0703. The molecular formula is C12H13N3O4. The summed E-state index contributed by atoms with van der Waals surface area (Å²) < 4.78 is 0. The fraction of sp³-hybridized carbons (Fsp3) is 0.333. The summed E-state index contributed by atoms with van der Waals surface area (Å²) in [5.74, 6) is -1.05. The van der Waals surface area contributed by atoms with Gasteiger partial charge in [-0.25, -0.2) is 0 Å². The third-order valence-electron chi connectivity index (χ3n) is 3.21. The topological polar surface area (TPSA) is 107 Å². The van der Waals surface area contributed by atoms with Gasteiger partial charge in [0.05, 0.1) is 4.92 Å². The summed E-state index contributed by atoms with van der Waals surface area (Å²) in [6.45, 7) is 1.73. The van der Waals surface area contributed by atoms with E-state index < -0.39 is 16.9 Å². The predicted octanol–water partition coefficient (Wildman–Crippen LogP) is 0.821. The molecule has 0 aliphatic carbocycles. The molecule has 100 valence electrons. The number of nitrogens with two attached hydrogens (primary N) is 1. The van der Waals surface area contributed by atoms with Gasteiger partial charge in [-0.3, -0.25) is 24.6 Å². The van der Waals surface area contributed by atoms with Gasteiger partial charge < -0.3 is 5.73 Å². The van der Waals surface area contributed by atoms with E-state index in [1.165, 1.54) is 29.2 Å². The highest BCUT2D eigenvalue weighted by molar-refractivity contribution is 6.04. The fourth-order valence-corrected chi connectivity index (χ4v) is 2.22. The molecule has 0 radical (unpaired) electrons. The molecule has 7 heteroatoms. The zero-order chi connectivity index (χ0) is 14.2. The van der Waals surface area contributed by atoms with Gasteiger partial charge in [-0.05, 0) is 18.6 Å². The van der Waals surface area contributed by atoms with Crippen LogP contribution in [-0.4, -0.2) is 22.8 Å². The van der Waals surface area contributed by atoms with E-state index in [-0.39, 0.29) is 17.5 Å². The molecule has 0 unspecified atom stereocenters. The van der Waals surface area contributed by atoms with E-state index in [0.29, 0.717) is 12.1 Å². The highest BCUT2D eigenvalue weighted by Gasteiger charge is 2.40. The highest BCUT2D eigenvalue weighted by Crippen LogP contribution is 2.31. The number of nitro benzene ring substituents is 1. The molecule has 0 bridgehead atoms. The molecule has 0 saturated carbocycles. The maximum atomic E-state index is 12.0. The van der Waals surface area contributed by atoms with Crippen molar-refractivity contribution < 1.29 is 14.5 Å². The van der Waals surface area contributed by atoms with E-state index in [2.05, 4.69) is 0 Å². The van der Waals surface area contributed by atoms with Crippen LogP contribution in [0, 0.1) is 16.0 Å². The molecule has 2 N–H and O–H groups in total. The predicted molar refractivity (Wildman–Crippen MR) is 67.3 cm³/mol. The lowest BCUT2D eigenvalue weighted by Gasteiger charge is -2.22. The molecule has 1 aromatic carbocycles. The number of carbonyl (C=O) groups excluding carboxylic acids is 2. The van der Waals surface area contributed by atoms with Gasteiger partial charge in [0.2, 0.25) is 11.8 Å². The van der Waals surface area contributed by atoms with E-state index in [1.807, 2.05) is 0 Å². The standard InChI is InChI=1S/C12H13N3O4/c1-7-6-10(11(13)16)14(12(7)17)8-2-4-9(5-3-8)15(18)19/h2-5,7,10H,6H2,1H3,(H2,13,16)/t7-,10+/m0/s1. The molecule has 0 spiro atoms. The Bertz CT molecular complexity index is 540. The maximum absolute atomic E-state index is 12.0.